The summed E-state index contributed by atoms with van der Waals surface area (Å²) in [5.74, 6) is 1.61. The summed E-state index contributed by atoms with van der Waals surface area (Å²) >= 11 is 0. The molecule has 5 rings (SSSR count). The summed E-state index contributed by atoms with van der Waals surface area (Å²) < 4.78 is 38.2. The number of hydrogen-bond acceptors (Lipinski definition) is 7. The first kappa shape index (κ1) is 24.2. The third kappa shape index (κ3) is 4.79. The molecule has 2 heterocycles. The highest BCUT2D eigenvalue weighted by Gasteiger charge is 2.51. The number of rotatable bonds is 9. The Kier molecular flexibility index (Phi) is 6.42. The number of benzene rings is 2. The Morgan fingerprint density at radius 2 is 1.86 bits per heavy atom. The Balaban J connectivity index is 0.00000320. The van der Waals surface area contributed by atoms with Crippen molar-refractivity contribution in [2.75, 3.05) is 18.7 Å². The molecule has 1 amide bonds. The highest BCUT2D eigenvalue weighted by molar-refractivity contribution is 7.89. The molecule has 1 aromatic heterocycles. The lowest BCUT2D eigenvalue weighted by Crippen LogP contribution is -2.31. The molecule has 1 aliphatic heterocycles. The predicted molar refractivity (Wildman–Crippen MR) is 135 cm³/mol. The van der Waals surface area contributed by atoms with Crippen LogP contribution < -0.4 is 19.5 Å². The fraction of sp³-hybridized carbons (Fsp3) is 0.308. The van der Waals surface area contributed by atoms with Gasteiger partial charge in [-0.1, -0.05) is 31.2 Å². The van der Waals surface area contributed by atoms with Gasteiger partial charge in [0.05, 0.1) is 22.1 Å². The van der Waals surface area contributed by atoms with Gasteiger partial charge in [0.25, 0.3) is 0 Å². The van der Waals surface area contributed by atoms with Crippen molar-refractivity contribution in [2.24, 2.45) is 0 Å². The molecule has 9 nitrogen and oxygen atoms in total. The zero-order valence-electron chi connectivity index (χ0n) is 19.7. The van der Waals surface area contributed by atoms with E-state index in [0.29, 0.717) is 35.0 Å². The second kappa shape index (κ2) is 9.53. The van der Waals surface area contributed by atoms with Crippen molar-refractivity contribution in [2.45, 2.75) is 42.6 Å². The van der Waals surface area contributed by atoms with Crippen LogP contribution in [0.2, 0.25) is 0 Å². The Labute approximate surface area is 211 Å². The molecule has 3 N–H and O–H groups in total. The number of hydrogen-bond donors (Lipinski definition) is 3. The van der Waals surface area contributed by atoms with E-state index in [-0.39, 0.29) is 25.6 Å². The van der Waals surface area contributed by atoms with Crippen LogP contribution in [0.25, 0.3) is 11.3 Å². The van der Waals surface area contributed by atoms with Crippen LogP contribution in [0.15, 0.2) is 65.6 Å². The molecule has 0 saturated heterocycles. The van der Waals surface area contributed by atoms with Crippen LogP contribution in [0, 0.1) is 0 Å². The Morgan fingerprint density at radius 1 is 1.11 bits per heavy atom. The second-order valence-corrected chi connectivity index (χ2v) is 10.7. The van der Waals surface area contributed by atoms with E-state index in [1.54, 1.807) is 37.3 Å². The van der Waals surface area contributed by atoms with Crippen molar-refractivity contribution in [1.82, 2.24) is 9.71 Å². The lowest BCUT2D eigenvalue weighted by atomic mass is 9.94. The van der Waals surface area contributed by atoms with Gasteiger partial charge >= 0.3 is 0 Å². The van der Waals surface area contributed by atoms with E-state index < -0.39 is 21.5 Å². The first-order chi connectivity index (χ1) is 17.3. The van der Waals surface area contributed by atoms with Gasteiger partial charge in [-0.2, -0.15) is 0 Å². The molecule has 3 aromatic rings. The van der Waals surface area contributed by atoms with Crippen molar-refractivity contribution in [3.63, 3.8) is 0 Å². The normalized spacial score (nSPS) is 16.4. The van der Waals surface area contributed by atoms with Gasteiger partial charge in [0.2, 0.25) is 22.7 Å². The first-order valence-corrected chi connectivity index (χ1v) is 13.3. The number of aliphatic hydroxyl groups excluding tert-OH is 1. The topological polar surface area (TPSA) is 127 Å². The molecule has 190 valence electrons. The third-order valence-corrected chi connectivity index (χ3v) is 7.98. The number of carbonyl (C=O) groups excluding carboxylic acids is 1. The van der Waals surface area contributed by atoms with Gasteiger partial charge in [0, 0.05) is 13.5 Å². The number of aromatic nitrogens is 1. The van der Waals surface area contributed by atoms with Gasteiger partial charge in [0.1, 0.15) is 5.82 Å². The average molecular weight is 512 g/mol. The van der Waals surface area contributed by atoms with Crippen molar-refractivity contribution >= 4 is 21.7 Å². The monoisotopic (exact) mass is 511 g/mol. The first-order valence-electron chi connectivity index (χ1n) is 11.8. The van der Waals surface area contributed by atoms with Gasteiger partial charge in [-0.3, -0.25) is 4.79 Å². The number of anilines is 1. The van der Waals surface area contributed by atoms with Crippen molar-refractivity contribution < 1.29 is 29.2 Å². The molecule has 10 heteroatoms. The second-order valence-electron chi connectivity index (χ2n) is 8.95. The Morgan fingerprint density at radius 3 is 2.58 bits per heavy atom. The van der Waals surface area contributed by atoms with Crippen LogP contribution in [0.1, 0.15) is 33.2 Å². The quantitative estimate of drug-likeness (QED) is 0.402. The van der Waals surface area contributed by atoms with E-state index in [4.69, 9.17) is 9.47 Å². The summed E-state index contributed by atoms with van der Waals surface area (Å²) in [6.07, 6.45) is 1.19. The SMILES string of the molecule is CCC(O)CNS(=O)(=O)c1ccc(-c2cccc(NC(=O)C3(c4ccc5c(c4)OCO5)CC3)n2)cc1.[HH]. The predicted octanol–water partition coefficient (Wildman–Crippen LogP) is 3.44. The van der Waals surface area contributed by atoms with Gasteiger partial charge in [-0.15, -0.1) is 0 Å². The molecular formula is C26H29N3O6S. The molecule has 1 atom stereocenters. The molecule has 1 fully saturated rings. The molecule has 2 aliphatic rings. The molecule has 1 aliphatic carbocycles. The minimum atomic E-state index is -3.73. The van der Waals surface area contributed by atoms with E-state index in [2.05, 4.69) is 15.0 Å². The zero-order chi connectivity index (χ0) is 25.3. The van der Waals surface area contributed by atoms with E-state index in [1.165, 1.54) is 12.1 Å². The fourth-order valence-electron chi connectivity index (χ4n) is 4.11. The summed E-state index contributed by atoms with van der Waals surface area (Å²) in [5, 5.41) is 12.6. The maximum Gasteiger partial charge on any atom is 0.240 e. The van der Waals surface area contributed by atoms with Crippen LogP contribution in [0.5, 0.6) is 11.5 Å². The summed E-state index contributed by atoms with van der Waals surface area (Å²) in [4.78, 5) is 17.9. The summed E-state index contributed by atoms with van der Waals surface area (Å²) in [7, 11) is -3.73. The number of pyridine rings is 1. The number of carbonyl (C=O) groups is 1. The van der Waals surface area contributed by atoms with Gasteiger partial charge in [0.15, 0.2) is 11.5 Å². The lowest BCUT2D eigenvalue weighted by molar-refractivity contribution is -0.118. The smallest absolute Gasteiger partial charge is 0.240 e. The number of amides is 1. The molecule has 0 radical (unpaired) electrons. The van der Waals surface area contributed by atoms with Crippen molar-refractivity contribution in [3.05, 3.63) is 66.2 Å². The van der Waals surface area contributed by atoms with E-state index >= 15 is 0 Å². The van der Waals surface area contributed by atoms with Crippen LogP contribution in [-0.2, 0) is 20.2 Å². The number of sulfonamides is 1. The zero-order valence-corrected chi connectivity index (χ0v) is 20.5. The van der Waals surface area contributed by atoms with Crippen LogP contribution in [-0.4, -0.2) is 43.9 Å². The maximum absolute atomic E-state index is 13.2. The third-order valence-electron chi connectivity index (χ3n) is 6.54. The standard InChI is InChI=1S/C26H27N3O6S.H2/c1-2-19(30)15-27-36(32,33)20-9-6-17(7-10-20)21-4-3-5-24(28-21)29-25(31)26(12-13-26)18-8-11-22-23(14-18)35-16-34-22;/h3-11,14,19,27,30H,2,12-13,15-16H2,1H3,(H,28,29,31);1H. The molecule has 0 bridgehead atoms. The minimum absolute atomic E-state index is 0. The average Bonchev–Trinajstić information content (AvgIpc) is 3.58. The van der Waals surface area contributed by atoms with Gasteiger partial charge < -0.3 is 19.9 Å². The number of nitrogens with one attached hydrogen (secondary N) is 2. The molecular weight excluding hydrogens is 482 g/mol. The maximum atomic E-state index is 13.2. The van der Waals surface area contributed by atoms with E-state index in [1.807, 2.05) is 18.2 Å². The van der Waals surface area contributed by atoms with Crippen LogP contribution in [0.4, 0.5) is 5.82 Å². The van der Waals surface area contributed by atoms with Crippen LogP contribution >= 0.6 is 0 Å². The van der Waals surface area contributed by atoms with Gasteiger partial charge in [-0.25, -0.2) is 18.1 Å². The van der Waals surface area contributed by atoms with Gasteiger partial charge in [-0.05, 0) is 61.2 Å². The largest absolute Gasteiger partial charge is 0.454 e. The number of fused-ring (bicyclic) bond motifs is 1. The minimum Gasteiger partial charge on any atom is -0.454 e. The highest BCUT2D eigenvalue weighted by Crippen LogP contribution is 2.51. The molecule has 1 unspecified atom stereocenters. The lowest BCUT2D eigenvalue weighted by Gasteiger charge is -2.16. The molecule has 2 aromatic carbocycles. The number of aliphatic hydroxyl groups is 1. The van der Waals surface area contributed by atoms with E-state index in [9.17, 15) is 18.3 Å². The van der Waals surface area contributed by atoms with E-state index in [0.717, 1.165) is 18.4 Å². The number of nitrogens with zero attached hydrogens (tertiary/aromatic N) is 1. The molecule has 1 saturated carbocycles. The summed E-state index contributed by atoms with van der Waals surface area (Å²) in [5.41, 5.74) is 1.57. The molecule has 36 heavy (non-hydrogen) atoms. The van der Waals surface area contributed by atoms with Crippen LogP contribution in [0.3, 0.4) is 0 Å². The fourth-order valence-corrected chi connectivity index (χ4v) is 5.18. The number of ether oxygens (including phenoxy) is 2. The Hall–Kier alpha value is -3.47. The van der Waals surface area contributed by atoms with Crippen molar-refractivity contribution in [1.29, 1.82) is 0 Å². The molecule has 0 spiro atoms. The van der Waals surface area contributed by atoms with Crippen molar-refractivity contribution in [3.8, 4) is 22.8 Å². The highest BCUT2D eigenvalue weighted by atomic mass is 32.2. The summed E-state index contributed by atoms with van der Waals surface area (Å²) in [6, 6.07) is 17.2. The summed E-state index contributed by atoms with van der Waals surface area (Å²) in [6.45, 7) is 1.91. The Bertz CT molecular complexity index is 1390.